The van der Waals surface area contributed by atoms with Gasteiger partial charge in [0.1, 0.15) is 5.75 Å². The zero-order chi connectivity index (χ0) is 14.5. The first-order chi connectivity index (χ1) is 9.69. The average molecular weight is 350 g/mol. The van der Waals surface area contributed by atoms with Crippen molar-refractivity contribution in [2.24, 2.45) is 0 Å². The summed E-state index contributed by atoms with van der Waals surface area (Å²) in [6, 6.07) is 0.0402. The van der Waals surface area contributed by atoms with Crippen molar-refractivity contribution in [1.29, 1.82) is 0 Å². The van der Waals surface area contributed by atoms with Gasteiger partial charge in [-0.3, -0.25) is 9.88 Å². The van der Waals surface area contributed by atoms with Crippen molar-refractivity contribution in [2.75, 3.05) is 26.2 Å². The Hall–Kier alpha value is -0.850. The van der Waals surface area contributed by atoms with E-state index in [1.54, 1.807) is 13.1 Å². The van der Waals surface area contributed by atoms with Crippen LogP contribution < -0.4 is 5.32 Å². The van der Waals surface area contributed by atoms with Gasteiger partial charge in [-0.25, -0.2) is 0 Å². The Kier molecular flexibility index (Phi) is 9.64. The molecule has 1 aromatic rings. The number of hydrogen-bond acceptors (Lipinski definition) is 5. The normalized spacial score (nSPS) is 16.3. The molecule has 0 bridgehead atoms. The van der Waals surface area contributed by atoms with Gasteiger partial charge in [-0.2, -0.15) is 0 Å². The van der Waals surface area contributed by atoms with Gasteiger partial charge in [0.15, 0.2) is 0 Å². The smallest absolute Gasteiger partial charge is 0.141 e. The SMILES string of the molecule is C=CC[C@@H](c1c(CO)cnc(C)c1O)N1CCNCC1.Cl.Cl. The maximum absolute atomic E-state index is 10.4. The van der Waals surface area contributed by atoms with Crippen LogP contribution in [-0.2, 0) is 6.61 Å². The second-order valence-corrected chi connectivity index (χ2v) is 5.12. The van der Waals surface area contributed by atoms with E-state index in [0.29, 0.717) is 11.3 Å². The van der Waals surface area contributed by atoms with Gasteiger partial charge in [0.05, 0.1) is 12.3 Å². The van der Waals surface area contributed by atoms with E-state index in [-0.39, 0.29) is 43.2 Å². The number of piperazine rings is 1. The molecule has 2 rings (SSSR count). The second-order valence-electron chi connectivity index (χ2n) is 5.12. The average Bonchev–Trinajstić information content (AvgIpc) is 2.49. The van der Waals surface area contributed by atoms with Gasteiger partial charge >= 0.3 is 0 Å². The molecule has 0 aromatic carbocycles. The molecule has 2 heterocycles. The van der Waals surface area contributed by atoms with Crippen LogP contribution in [0.4, 0.5) is 0 Å². The fourth-order valence-corrected chi connectivity index (χ4v) is 2.75. The number of aryl methyl sites for hydroxylation is 1. The summed E-state index contributed by atoms with van der Waals surface area (Å²) in [5, 5.41) is 23.3. The summed E-state index contributed by atoms with van der Waals surface area (Å²) in [6.45, 7) is 9.21. The lowest BCUT2D eigenvalue weighted by Gasteiger charge is -2.36. The van der Waals surface area contributed by atoms with Gasteiger partial charge < -0.3 is 15.5 Å². The lowest BCUT2D eigenvalue weighted by Crippen LogP contribution is -2.45. The zero-order valence-corrected chi connectivity index (χ0v) is 14.4. The predicted molar refractivity (Wildman–Crippen MR) is 93.1 cm³/mol. The largest absolute Gasteiger partial charge is 0.506 e. The highest BCUT2D eigenvalue weighted by atomic mass is 35.5. The van der Waals surface area contributed by atoms with Gasteiger partial charge in [-0.15, -0.1) is 31.4 Å². The monoisotopic (exact) mass is 349 g/mol. The van der Waals surface area contributed by atoms with Crippen LogP contribution in [0.15, 0.2) is 18.9 Å². The van der Waals surface area contributed by atoms with Gasteiger partial charge in [-0.05, 0) is 13.3 Å². The molecule has 0 unspecified atom stereocenters. The molecule has 126 valence electrons. The molecular weight excluding hydrogens is 325 g/mol. The molecule has 5 nitrogen and oxygen atoms in total. The summed E-state index contributed by atoms with van der Waals surface area (Å²) >= 11 is 0. The summed E-state index contributed by atoms with van der Waals surface area (Å²) in [7, 11) is 0. The number of rotatable bonds is 5. The van der Waals surface area contributed by atoms with Crippen molar-refractivity contribution in [1.82, 2.24) is 15.2 Å². The number of nitrogens with zero attached hydrogens (tertiary/aromatic N) is 2. The fourth-order valence-electron chi connectivity index (χ4n) is 2.75. The van der Waals surface area contributed by atoms with Gasteiger partial charge in [0, 0.05) is 49.5 Å². The Morgan fingerprint density at radius 2 is 2.05 bits per heavy atom. The summed E-state index contributed by atoms with van der Waals surface area (Å²) in [5.74, 6) is 0.196. The van der Waals surface area contributed by atoms with Crippen LogP contribution in [0, 0.1) is 6.92 Å². The van der Waals surface area contributed by atoms with E-state index < -0.39 is 0 Å². The molecule has 1 atom stereocenters. The van der Waals surface area contributed by atoms with Gasteiger partial charge in [0.25, 0.3) is 0 Å². The zero-order valence-electron chi connectivity index (χ0n) is 12.8. The van der Waals surface area contributed by atoms with Crippen molar-refractivity contribution in [3.05, 3.63) is 35.7 Å². The standard InChI is InChI=1S/C15H23N3O2.2ClH/c1-3-4-13(18-7-5-16-6-8-18)14-12(10-19)9-17-11(2)15(14)20;;/h3,9,13,16,19-20H,1,4-8,10H2,2H3;2*1H/t13-;;/m0../s1. The first-order valence-corrected chi connectivity index (χ1v) is 7.03. The third kappa shape index (κ3) is 4.57. The number of aliphatic hydroxyl groups is 1. The number of aliphatic hydroxyl groups excluding tert-OH is 1. The lowest BCUT2D eigenvalue weighted by atomic mass is 9.95. The van der Waals surface area contributed by atoms with Crippen LogP contribution >= 0.6 is 24.8 Å². The molecule has 1 saturated heterocycles. The van der Waals surface area contributed by atoms with Crippen LogP contribution in [0.3, 0.4) is 0 Å². The summed E-state index contributed by atoms with van der Waals surface area (Å²) in [6.07, 6.45) is 4.26. The summed E-state index contributed by atoms with van der Waals surface area (Å²) < 4.78 is 0. The van der Waals surface area contributed by atoms with Gasteiger partial charge in [0.2, 0.25) is 0 Å². The maximum atomic E-state index is 10.4. The van der Waals surface area contributed by atoms with Crippen LogP contribution in [0.1, 0.15) is 29.3 Å². The molecule has 1 fully saturated rings. The Balaban J connectivity index is 0.00000220. The first kappa shape index (κ1) is 21.1. The Bertz CT molecular complexity index is 480. The molecular formula is C15H25Cl2N3O2. The highest BCUT2D eigenvalue weighted by Gasteiger charge is 2.26. The Morgan fingerprint density at radius 1 is 1.41 bits per heavy atom. The number of hydrogen-bond donors (Lipinski definition) is 3. The molecule has 0 radical (unpaired) electrons. The summed E-state index contributed by atoms with van der Waals surface area (Å²) in [4.78, 5) is 6.46. The van der Waals surface area contributed by atoms with E-state index in [1.807, 2.05) is 6.08 Å². The minimum Gasteiger partial charge on any atom is -0.506 e. The molecule has 0 saturated carbocycles. The van der Waals surface area contributed by atoms with Crippen molar-refractivity contribution in [3.63, 3.8) is 0 Å². The van der Waals surface area contributed by atoms with Crippen LogP contribution in [0.5, 0.6) is 5.75 Å². The highest BCUT2D eigenvalue weighted by Crippen LogP contribution is 2.35. The number of nitrogens with one attached hydrogen (secondary N) is 1. The minimum absolute atomic E-state index is 0. The second kappa shape index (κ2) is 10.0. The predicted octanol–water partition coefficient (Wildman–Crippen LogP) is 1.95. The molecule has 1 aliphatic rings. The molecule has 0 amide bonds. The van der Waals surface area contributed by atoms with E-state index in [2.05, 4.69) is 21.8 Å². The first-order valence-electron chi connectivity index (χ1n) is 7.03. The molecule has 3 N–H and O–H groups in total. The van der Waals surface area contributed by atoms with Crippen molar-refractivity contribution >= 4 is 24.8 Å². The lowest BCUT2D eigenvalue weighted by molar-refractivity contribution is 0.168. The minimum atomic E-state index is -0.115. The third-order valence-corrected chi connectivity index (χ3v) is 3.84. The molecule has 0 aliphatic carbocycles. The number of halogens is 2. The van der Waals surface area contributed by atoms with E-state index in [0.717, 1.165) is 38.2 Å². The highest BCUT2D eigenvalue weighted by molar-refractivity contribution is 5.85. The van der Waals surface area contributed by atoms with Crippen molar-refractivity contribution in [3.8, 4) is 5.75 Å². The third-order valence-electron chi connectivity index (χ3n) is 3.84. The number of aromatic nitrogens is 1. The molecule has 22 heavy (non-hydrogen) atoms. The molecule has 1 aromatic heterocycles. The van der Waals surface area contributed by atoms with E-state index >= 15 is 0 Å². The van der Waals surface area contributed by atoms with E-state index in [4.69, 9.17) is 0 Å². The Morgan fingerprint density at radius 3 is 2.59 bits per heavy atom. The Labute approximate surface area is 144 Å². The number of pyridine rings is 1. The van der Waals surface area contributed by atoms with Crippen LogP contribution in [-0.4, -0.2) is 46.3 Å². The van der Waals surface area contributed by atoms with E-state index in [9.17, 15) is 10.2 Å². The summed E-state index contributed by atoms with van der Waals surface area (Å²) in [5.41, 5.74) is 2.08. The van der Waals surface area contributed by atoms with Crippen LogP contribution in [0.2, 0.25) is 0 Å². The van der Waals surface area contributed by atoms with Crippen molar-refractivity contribution < 1.29 is 10.2 Å². The van der Waals surface area contributed by atoms with Crippen molar-refractivity contribution in [2.45, 2.75) is 26.0 Å². The molecule has 7 heteroatoms. The maximum Gasteiger partial charge on any atom is 0.141 e. The van der Waals surface area contributed by atoms with E-state index in [1.165, 1.54) is 0 Å². The van der Waals surface area contributed by atoms with Crippen LogP contribution in [0.25, 0.3) is 0 Å². The fraction of sp³-hybridized carbons (Fsp3) is 0.533. The molecule has 0 spiro atoms. The molecule has 1 aliphatic heterocycles. The topological polar surface area (TPSA) is 68.6 Å². The number of aromatic hydroxyl groups is 1. The van der Waals surface area contributed by atoms with Gasteiger partial charge in [-0.1, -0.05) is 6.08 Å². The quantitative estimate of drug-likeness (QED) is 0.709.